The molecule has 0 aliphatic carbocycles. The molecule has 2 N–H and O–H groups in total. The SMILES string of the molecule is Cc1cccc(C)c1NC(=O)Cn1cnc2nc(N3CCC[C@@H](C(=O)NC(C)C)C3)sc2c1=O. The van der Waals surface area contributed by atoms with Crippen molar-refractivity contribution in [2.24, 2.45) is 5.92 Å². The van der Waals surface area contributed by atoms with Crippen LogP contribution in [0, 0.1) is 19.8 Å². The smallest absolute Gasteiger partial charge is 0.273 e. The summed E-state index contributed by atoms with van der Waals surface area (Å²) in [7, 11) is 0. The van der Waals surface area contributed by atoms with E-state index in [2.05, 4.69) is 25.5 Å². The van der Waals surface area contributed by atoms with E-state index in [-0.39, 0.29) is 35.9 Å². The number of thiazole rings is 1. The van der Waals surface area contributed by atoms with Gasteiger partial charge in [-0.1, -0.05) is 29.5 Å². The number of benzene rings is 1. The Balaban J connectivity index is 1.51. The molecule has 3 aromatic rings. The molecule has 4 rings (SSSR count). The van der Waals surface area contributed by atoms with Crippen LogP contribution in [0.1, 0.15) is 37.8 Å². The third-order valence-electron chi connectivity index (χ3n) is 5.93. The summed E-state index contributed by atoms with van der Waals surface area (Å²) in [6, 6.07) is 5.89. The van der Waals surface area contributed by atoms with E-state index < -0.39 is 0 Å². The van der Waals surface area contributed by atoms with E-state index in [1.54, 1.807) is 0 Å². The number of amides is 2. The van der Waals surface area contributed by atoms with Crippen LogP contribution in [0.3, 0.4) is 0 Å². The van der Waals surface area contributed by atoms with Gasteiger partial charge in [0.25, 0.3) is 5.56 Å². The summed E-state index contributed by atoms with van der Waals surface area (Å²) in [5, 5.41) is 6.57. The van der Waals surface area contributed by atoms with Crippen LogP contribution in [0.25, 0.3) is 10.3 Å². The molecule has 10 heteroatoms. The minimum absolute atomic E-state index is 0.0520. The lowest BCUT2D eigenvalue weighted by molar-refractivity contribution is -0.125. The van der Waals surface area contributed by atoms with Crippen LogP contribution < -0.4 is 21.1 Å². The zero-order chi connectivity index (χ0) is 24.4. The second-order valence-corrected chi connectivity index (χ2v) is 10.1. The second-order valence-electron chi connectivity index (χ2n) is 9.09. The van der Waals surface area contributed by atoms with Gasteiger partial charge >= 0.3 is 0 Å². The van der Waals surface area contributed by atoms with E-state index >= 15 is 0 Å². The second kappa shape index (κ2) is 9.92. The minimum atomic E-state index is -0.295. The summed E-state index contributed by atoms with van der Waals surface area (Å²) in [4.78, 5) is 49.1. The molecular formula is C24H30N6O3S. The molecule has 34 heavy (non-hydrogen) atoms. The average molecular weight is 483 g/mol. The molecule has 1 saturated heterocycles. The summed E-state index contributed by atoms with van der Waals surface area (Å²) in [5.74, 6) is -0.349. The summed E-state index contributed by atoms with van der Waals surface area (Å²) >= 11 is 1.26. The Morgan fingerprint density at radius 2 is 1.97 bits per heavy atom. The first-order valence-electron chi connectivity index (χ1n) is 11.5. The highest BCUT2D eigenvalue weighted by atomic mass is 32.1. The first-order chi connectivity index (χ1) is 16.2. The molecule has 2 amide bonds. The highest BCUT2D eigenvalue weighted by molar-refractivity contribution is 7.22. The average Bonchev–Trinajstić information content (AvgIpc) is 3.23. The predicted molar refractivity (Wildman–Crippen MR) is 134 cm³/mol. The molecule has 3 heterocycles. The first-order valence-corrected chi connectivity index (χ1v) is 12.3. The maximum atomic E-state index is 13.1. The number of para-hydroxylation sites is 1. The molecule has 1 aromatic carbocycles. The van der Waals surface area contributed by atoms with E-state index in [1.807, 2.05) is 45.9 Å². The number of nitrogens with zero attached hydrogens (tertiary/aromatic N) is 4. The molecule has 0 saturated carbocycles. The standard InChI is InChI=1S/C24H30N6O3S/c1-14(2)26-22(32)17-9-6-10-29(11-17)24-28-21-20(34-24)23(33)30(13-25-21)12-18(31)27-19-15(3)7-5-8-16(19)4/h5,7-8,13-14,17H,6,9-12H2,1-4H3,(H,26,32)(H,27,31)/t17-/m1/s1. The van der Waals surface area contributed by atoms with Gasteiger partial charge in [0.1, 0.15) is 17.6 Å². The molecular weight excluding hydrogens is 452 g/mol. The van der Waals surface area contributed by atoms with Crippen LogP contribution >= 0.6 is 11.3 Å². The van der Waals surface area contributed by atoms with Gasteiger partial charge in [-0.15, -0.1) is 0 Å². The number of aryl methyl sites for hydroxylation is 2. The van der Waals surface area contributed by atoms with Gasteiger partial charge in [-0.3, -0.25) is 19.0 Å². The van der Waals surface area contributed by atoms with Gasteiger partial charge in [-0.05, 0) is 51.7 Å². The molecule has 0 spiro atoms. The molecule has 1 atom stereocenters. The molecule has 1 aliphatic rings. The maximum Gasteiger partial charge on any atom is 0.273 e. The van der Waals surface area contributed by atoms with Crippen molar-refractivity contribution >= 4 is 44.3 Å². The monoisotopic (exact) mass is 482 g/mol. The number of anilines is 2. The van der Waals surface area contributed by atoms with E-state index in [9.17, 15) is 14.4 Å². The lowest BCUT2D eigenvalue weighted by Gasteiger charge is -2.32. The summed E-state index contributed by atoms with van der Waals surface area (Å²) < 4.78 is 1.72. The molecule has 0 unspecified atom stereocenters. The number of rotatable bonds is 6. The van der Waals surface area contributed by atoms with Gasteiger partial charge in [0.05, 0.1) is 5.92 Å². The molecule has 180 valence electrons. The highest BCUT2D eigenvalue weighted by Crippen LogP contribution is 2.29. The Hall–Kier alpha value is -3.27. The molecule has 2 aromatic heterocycles. The third kappa shape index (κ3) is 5.11. The number of carbonyl (C=O) groups excluding carboxylic acids is 2. The Morgan fingerprint density at radius 3 is 2.68 bits per heavy atom. The van der Waals surface area contributed by atoms with Crippen molar-refractivity contribution < 1.29 is 9.59 Å². The largest absolute Gasteiger partial charge is 0.354 e. The summed E-state index contributed by atoms with van der Waals surface area (Å²) in [6.07, 6.45) is 3.08. The Morgan fingerprint density at radius 1 is 1.24 bits per heavy atom. The van der Waals surface area contributed by atoms with Crippen molar-refractivity contribution in [3.05, 3.63) is 46.0 Å². The van der Waals surface area contributed by atoms with Crippen LogP contribution in [0.15, 0.2) is 29.3 Å². The minimum Gasteiger partial charge on any atom is -0.354 e. The van der Waals surface area contributed by atoms with Crippen molar-refractivity contribution in [2.45, 2.75) is 53.1 Å². The Kier molecular flexibility index (Phi) is 6.97. The topological polar surface area (TPSA) is 109 Å². The lowest BCUT2D eigenvalue weighted by Crippen LogP contribution is -2.44. The van der Waals surface area contributed by atoms with Gasteiger partial charge in [-0.25, -0.2) is 4.98 Å². The fraction of sp³-hybridized carbons (Fsp3) is 0.458. The number of carbonyl (C=O) groups is 2. The van der Waals surface area contributed by atoms with Gasteiger partial charge in [-0.2, -0.15) is 4.98 Å². The number of hydrogen-bond donors (Lipinski definition) is 2. The molecule has 9 nitrogen and oxygen atoms in total. The number of aromatic nitrogens is 3. The predicted octanol–water partition coefficient (Wildman–Crippen LogP) is 2.85. The van der Waals surface area contributed by atoms with Crippen molar-refractivity contribution in [1.82, 2.24) is 19.9 Å². The first kappa shape index (κ1) is 23.9. The normalized spacial score (nSPS) is 16.1. The van der Waals surface area contributed by atoms with E-state index in [0.717, 1.165) is 36.2 Å². The van der Waals surface area contributed by atoms with Crippen LogP contribution in [0.2, 0.25) is 0 Å². The number of piperidine rings is 1. The van der Waals surface area contributed by atoms with Crippen molar-refractivity contribution in [3.63, 3.8) is 0 Å². The van der Waals surface area contributed by atoms with E-state index in [4.69, 9.17) is 0 Å². The zero-order valence-electron chi connectivity index (χ0n) is 19.9. The molecule has 0 radical (unpaired) electrons. The third-order valence-corrected chi connectivity index (χ3v) is 7.02. The Labute approximate surface area is 202 Å². The molecule has 1 fully saturated rings. The quantitative estimate of drug-likeness (QED) is 0.559. The summed E-state index contributed by atoms with van der Waals surface area (Å²) in [6.45, 7) is 8.96. The van der Waals surface area contributed by atoms with Crippen LogP contribution in [0.4, 0.5) is 10.8 Å². The highest BCUT2D eigenvalue weighted by Gasteiger charge is 2.28. The zero-order valence-corrected chi connectivity index (χ0v) is 20.7. The number of hydrogen-bond acceptors (Lipinski definition) is 7. The van der Waals surface area contributed by atoms with Gasteiger partial charge in [0.15, 0.2) is 10.8 Å². The molecule has 1 aliphatic heterocycles. The van der Waals surface area contributed by atoms with Gasteiger partial charge < -0.3 is 15.5 Å². The molecule has 0 bridgehead atoms. The van der Waals surface area contributed by atoms with E-state index in [1.165, 1.54) is 22.2 Å². The van der Waals surface area contributed by atoms with Crippen LogP contribution in [-0.4, -0.2) is 45.5 Å². The lowest BCUT2D eigenvalue weighted by atomic mass is 9.97. The van der Waals surface area contributed by atoms with Crippen molar-refractivity contribution in [3.8, 4) is 0 Å². The van der Waals surface area contributed by atoms with E-state index in [0.29, 0.717) is 22.0 Å². The van der Waals surface area contributed by atoms with Crippen LogP contribution in [0.5, 0.6) is 0 Å². The number of fused-ring (bicyclic) bond motifs is 1. The van der Waals surface area contributed by atoms with Crippen LogP contribution in [-0.2, 0) is 16.1 Å². The fourth-order valence-corrected chi connectivity index (χ4v) is 5.20. The fourth-order valence-electron chi connectivity index (χ4n) is 4.20. The maximum absolute atomic E-state index is 13.1. The Bertz CT molecular complexity index is 1260. The van der Waals surface area contributed by atoms with Gasteiger partial charge in [0, 0.05) is 24.8 Å². The number of nitrogens with one attached hydrogen (secondary N) is 2. The summed E-state index contributed by atoms with van der Waals surface area (Å²) in [5.41, 5.74) is 2.75. The van der Waals surface area contributed by atoms with Crippen molar-refractivity contribution in [2.75, 3.05) is 23.3 Å². The van der Waals surface area contributed by atoms with Gasteiger partial charge in [0.2, 0.25) is 11.8 Å². The van der Waals surface area contributed by atoms with Crippen molar-refractivity contribution in [1.29, 1.82) is 0 Å².